The standard InChI is InChI=1S/C9H15NO2/c11-9-10-6-8(12-9)7-4-2-1-3-5-7/h7-8H,1-6H2,(H,10,11). The van der Waals surface area contributed by atoms with Crippen LogP contribution in [0.15, 0.2) is 0 Å². The number of hydrogen-bond acceptors (Lipinski definition) is 2. The van der Waals surface area contributed by atoms with E-state index < -0.39 is 0 Å². The zero-order valence-electron chi connectivity index (χ0n) is 7.21. The van der Waals surface area contributed by atoms with Crippen LogP contribution >= 0.6 is 0 Å². The third-order valence-electron chi connectivity index (χ3n) is 2.88. The number of carbonyl (C=O) groups excluding carboxylic acids is 1. The molecule has 1 aliphatic carbocycles. The maximum absolute atomic E-state index is 10.8. The van der Waals surface area contributed by atoms with Gasteiger partial charge in [-0.1, -0.05) is 19.3 Å². The minimum Gasteiger partial charge on any atom is -0.444 e. The van der Waals surface area contributed by atoms with E-state index in [4.69, 9.17) is 4.74 Å². The first-order chi connectivity index (χ1) is 5.86. The van der Waals surface area contributed by atoms with E-state index >= 15 is 0 Å². The molecule has 0 radical (unpaired) electrons. The lowest BCUT2D eigenvalue weighted by molar-refractivity contribution is 0.0888. The number of cyclic esters (lactones) is 1. The number of rotatable bonds is 1. The minimum atomic E-state index is -0.231. The van der Waals surface area contributed by atoms with Crippen LogP contribution in [-0.4, -0.2) is 18.7 Å². The fourth-order valence-electron chi connectivity index (χ4n) is 2.17. The van der Waals surface area contributed by atoms with Crippen LogP contribution in [0.4, 0.5) is 4.79 Å². The highest BCUT2D eigenvalue weighted by Crippen LogP contribution is 2.28. The summed E-state index contributed by atoms with van der Waals surface area (Å²) in [4.78, 5) is 10.8. The van der Waals surface area contributed by atoms with Gasteiger partial charge in [0.15, 0.2) is 0 Å². The molecule has 1 saturated heterocycles. The molecule has 0 aromatic heterocycles. The van der Waals surface area contributed by atoms with Crippen molar-refractivity contribution in [1.29, 1.82) is 0 Å². The Labute approximate surface area is 72.5 Å². The monoisotopic (exact) mass is 169 g/mol. The normalized spacial score (nSPS) is 31.3. The summed E-state index contributed by atoms with van der Waals surface area (Å²) in [5.74, 6) is 0.623. The summed E-state index contributed by atoms with van der Waals surface area (Å²) in [6.07, 6.45) is 6.37. The number of hydrogen-bond donors (Lipinski definition) is 1. The van der Waals surface area contributed by atoms with Crippen molar-refractivity contribution in [3.63, 3.8) is 0 Å². The molecule has 2 rings (SSSR count). The number of ether oxygens (including phenoxy) is 1. The molecule has 1 aliphatic heterocycles. The van der Waals surface area contributed by atoms with Gasteiger partial charge < -0.3 is 10.1 Å². The summed E-state index contributed by atoms with van der Waals surface area (Å²) >= 11 is 0. The fraction of sp³-hybridized carbons (Fsp3) is 0.889. The highest BCUT2D eigenvalue weighted by atomic mass is 16.6. The largest absolute Gasteiger partial charge is 0.444 e. The molecule has 0 aromatic rings. The number of alkyl carbamates (subject to hydrolysis) is 1. The molecule has 1 atom stereocenters. The molecule has 0 spiro atoms. The van der Waals surface area contributed by atoms with E-state index in [-0.39, 0.29) is 12.2 Å². The van der Waals surface area contributed by atoms with Crippen LogP contribution < -0.4 is 5.32 Å². The Morgan fingerprint density at radius 2 is 2.00 bits per heavy atom. The Balaban J connectivity index is 1.86. The third kappa shape index (κ3) is 1.54. The lowest BCUT2D eigenvalue weighted by atomic mass is 9.85. The Kier molecular flexibility index (Phi) is 2.19. The molecule has 2 aliphatic rings. The quantitative estimate of drug-likeness (QED) is 0.648. The molecule has 1 heterocycles. The van der Waals surface area contributed by atoms with Gasteiger partial charge in [-0.05, 0) is 18.8 Å². The Morgan fingerprint density at radius 3 is 2.58 bits per heavy atom. The van der Waals surface area contributed by atoms with Gasteiger partial charge in [-0.15, -0.1) is 0 Å². The van der Waals surface area contributed by atoms with Gasteiger partial charge in [-0.2, -0.15) is 0 Å². The molecular formula is C9H15NO2. The van der Waals surface area contributed by atoms with Gasteiger partial charge in [-0.25, -0.2) is 4.79 Å². The maximum Gasteiger partial charge on any atom is 0.407 e. The lowest BCUT2D eigenvalue weighted by Crippen LogP contribution is -2.26. The molecular weight excluding hydrogens is 154 g/mol. The van der Waals surface area contributed by atoms with Crippen LogP contribution in [0.3, 0.4) is 0 Å². The van der Waals surface area contributed by atoms with Crippen molar-refractivity contribution in [2.45, 2.75) is 38.2 Å². The van der Waals surface area contributed by atoms with Gasteiger partial charge in [0.2, 0.25) is 0 Å². The summed E-state index contributed by atoms with van der Waals surface area (Å²) in [5, 5.41) is 2.71. The van der Waals surface area contributed by atoms with E-state index in [1.807, 2.05) is 0 Å². The van der Waals surface area contributed by atoms with Crippen molar-refractivity contribution in [3.8, 4) is 0 Å². The Hall–Kier alpha value is -0.730. The van der Waals surface area contributed by atoms with Gasteiger partial charge >= 0.3 is 6.09 Å². The van der Waals surface area contributed by atoms with Crippen molar-refractivity contribution in [3.05, 3.63) is 0 Å². The Bertz CT molecular complexity index is 175. The molecule has 3 heteroatoms. The summed E-state index contributed by atoms with van der Waals surface area (Å²) in [7, 11) is 0. The van der Waals surface area contributed by atoms with Crippen LogP contribution in [0, 0.1) is 5.92 Å². The van der Waals surface area contributed by atoms with Crippen molar-refractivity contribution < 1.29 is 9.53 Å². The predicted octanol–water partition coefficient (Wildman–Crippen LogP) is 1.68. The van der Waals surface area contributed by atoms with E-state index in [0.717, 1.165) is 6.54 Å². The maximum atomic E-state index is 10.8. The molecule has 0 aromatic carbocycles. The van der Waals surface area contributed by atoms with Gasteiger partial charge in [0.25, 0.3) is 0 Å². The topological polar surface area (TPSA) is 38.3 Å². The molecule has 68 valence electrons. The Morgan fingerprint density at radius 1 is 1.25 bits per heavy atom. The second kappa shape index (κ2) is 3.33. The SMILES string of the molecule is O=C1NCC(C2CCCCC2)O1. The summed E-state index contributed by atoms with van der Waals surface area (Å²) in [6.45, 7) is 0.726. The first kappa shape index (κ1) is 7.90. The molecule has 1 amide bonds. The highest BCUT2D eigenvalue weighted by Gasteiger charge is 2.31. The molecule has 1 N–H and O–H groups in total. The van der Waals surface area contributed by atoms with Crippen LogP contribution in [0.2, 0.25) is 0 Å². The molecule has 0 bridgehead atoms. The second-order valence-electron chi connectivity index (χ2n) is 3.72. The van der Waals surface area contributed by atoms with E-state index in [2.05, 4.69) is 5.32 Å². The third-order valence-corrected chi connectivity index (χ3v) is 2.88. The van der Waals surface area contributed by atoms with E-state index in [1.54, 1.807) is 0 Å². The lowest BCUT2D eigenvalue weighted by Gasteiger charge is -2.25. The number of carbonyl (C=O) groups is 1. The van der Waals surface area contributed by atoms with Gasteiger partial charge in [-0.3, -0.25) is 0 Å². The molecule has 3 nitrogen and oxygen atoms in total. The molecule has 2 fully saturated rings. The van der Waals surface area contributed by atoms with Crippen LogP contribution in [0.25, 0.3) is 0 Å². The smallest absolute Gasteiger partial charge is 0.407 e. The van der Waals surface area contributed by atoms with E-state index in [9.17, 15) is 4.79 Å². The first-order valence-corrected chi connectivity index (χ1v) is 4.81. The van der Waals surface area contributed by atoms with Crippen LogP contribution in [-0.2, 0) is 4.74 Å². The average molecular weight is 169 g/mol. The van der Waals surface area contributed by atoms with E-state index in [0.29, 0.717) is 5.92 Å². The molecule has 1 saturated carbocycles. The summed E-state index contributed by atoms with van der Waals surface area (Å²) in [6, 6.07) is 0. The van der Waals surface area contributed by atoms with Crippen molar-refractivity contribution in [2.75, 3.05) is 6.54 Å². The second-order valence-corrected chi connectivity index (χ2v) is 3.72. The molecule has 1 unspecified atom stereocenters. The fourth-order valence-corrected chi connectivity index (χ4v) is 2.17. The van der Waals surface area contributed by atoms with Gasteiger partial charge in [0, 0.05) is 0 Å². The predicted molar refractivity (Wildman–Crippen MR) is 44.8 cm³/mol. The minimum absolute atomic E-state index is 0.165. The van der Waals surface area contributed by atoms with Crippen molar-refractivity contribution in [1.82, 2.24) is 5.32 Å². The van der Waals surface area contributed by atoms with E-state index in [1.165, 1.54) is 32.1 Å². The number of amides is 1. The zero-order valence-corrected chi connectivity index (χ0v) is 7.21. The summed E-state index contributed by atoms with van der Waals surface area (Å²) < 4.78 is 5.15. The summed E-state index contributed by atoms with van der Waals surface area (Å²) in [5.41, 5.74) is 0. The number of nitrogens with one attached hydrogen (secondary N) is 1. The van der Waals surface area contributed by atoms with Gasteiger partial charge in [0.1, 0.15) is 6.10 Å². The first-order valence-electron chi connectivity index (χ1n) is 4.81. The van der Waals surface area contributed by atoms with Crippen LogP contribution in [0.5, 0.6) is 0 Å². The zero-order chi connectivity index (χ0) is 8.39. The van der Waals surface area contributed by atoms with Crippen molar-refractivity contribution in [2.24, 2.45) is 5.92 Å². The van der Waals surface area contributed by atoms with Crippen LogP contribution in [0.1, 0.15) is 32.1 Å². The van der Waals surface area contributed by atoms with Gasteiger partial charge in [0.05, 0.1) is 6.54 Å². The highest BCUT2D eigenvalue weighted by molar-refractivity contribution is 5.69. The molecule has 12 heavy (non-hydrogen) atoms. The van der Waals surface area contributed by atoms with Crippen molar-refractivity contribution >= 4 is 6.09 Å². The average Bonchev–Trinajstić information content (AvgIpc) is 2.54.